The largest absolute Gasteiger partial charge is 0.466 e. The van der Waals surface area contributed by atoms with Gasteiger partial charge in [-0.15, -0.1) is 11.3 Å². The zero-order valence-electron chi connectivity index (χ0n) is 20.8. The van der Waals surface area contributed by atoms with Crippen molar-refractivity contribution >= 4 is 56.6 Å². The molecule has 1 amide bonds. The quantitative estimate of drug-likeness (QED) is 0.261. The van der Waals surface area contributed by atoms with E-state index in [0.29, 0.717) is 23.4 Å². The van der Waals surface area contributed by atoms with Crippen LogP contribution in [0.3, 0.4) is 0 Å². The number of thiazole rings is 1. The molecule has 194 valence electrons. The molecule has 37 heavy (non-hydrogen) atoms. The number of esters is 1. The topological polar surface area (TPSA) is 71.5 Å². The van der Waals surface area contributed by atoms with E-state index in [1.54, 1.807) is 12.3 Å². The number of anilines is 1. The molecule has 1 N–H and O–H groups in total. The molecule has 9 heteroatoms. The molecule has 1 saturated heterocycles. The number of nitrogens with one attached hydrogen (secondary N) is 1. The summed E-state index contributed by atoms with van der Waals surface area (Å²) in [7, 11) is 0. The fourth-order valence-electron chi connectivity index (χ4n) is 4.32. The maximum absolute atomic E-state index is 13.4. The van der Waals surface area contributed by atoms with Gasteiger partial charge in [0.15, 0.2) is 5.13 Å². The molecule has 0 bridgehead atoms. The number of piperidine rings is 1. The van der Waals surface area contributed by atoms with Gasteiger partial charge in [0.05, 0.1) is 18.7 Å². The predicted octanol–water partition coefficient (Wildman–Crippen LogP) is 5.90. The minimum Gasteiger partial charge on any atom is -0.466 e. The summed E-state index contributed by atoms with van der Waals surface area (Å²) < 4.78 is 5.73. The molecule has 0 spiro atoms. The van der Waals surface area contributed by atoms with Crippen LogP contribution in [0.4, 0.5) is 5.13 Å². The van der Waals surface area contributed by atoms with E-state index in [1.807, 2.05) is 30.3 Å². The summed E-state index contributed by atoms with van der Waals surface area (Å²) in [6, 6.07) is 20.3. The highest BCUT2D eigenvalue weighted by Crippen LogP contribution is 2.34. The van der Waals surface area contributed by atoms with E-state index in [-0.39, 0.29) is 18.3 Å². The van der Waals surface area contributed by atoms with Crippen LogP contribution >= 0.6 is 35.3 Å². The number of hydrogen-bond acceptors (Lipinski definition) is 7. The van der Waals surface area contributed by atoms with Crippen LogP contribution in [0.1, 0.15) is 41.8 Å². The third-order valence-corrected chi connectivity index (χ3v) is 8.75. The number of aromatic nitrogens is 1. The predicted molar refractivity (Wildman–Crippen MR) is 155 cm³/mol. The van der Waals surface area contributed by atoms with Gasteiger partial charge in [-0.05, 0) is 43.2 Å². The lowest BCUT2D eigenvalue weighted by Gasteiger charge is -2.34. The molecule has 1 aromatic heterocycles. The third kappa shape index (κ3) is 8.12. The number of amides is 1. The average Bonchev–Trinajstić information content (AvgIpc) is 3.35. The first-order valence-electron chi connectivity index (χ1n) is 12.5. The average molecular weight is 554 g/mol. The highest BCUT2D eigenvalue weighted by molar-refractivity contribution is 8.23. The summed E-state index contributed by atoms with van der Waals surface area (Å²) >= 11 is 8.53. The number of carbonyl (C=O) groups is 2. The van der Waals surface area contributed by atoms with Gasteiger partial charge >= 0.3 is 5.97 Å². The van der Waals surface area contributed by atoms with Gasteiger partial charge in [-0.3, -0.25) is 9.59 Å². The monoisotopic (exact) mass is 553 g/mol. The van der Waals surface area contributed by atoms with Crippen molar-refractivity contribution in [2.24, 2.45) is 5.92 Å². The maximum atomic E-state index is 13.4. The Morgan fingerprint density at radius 1 is 1.14 bits per heavy atom. The molecule has 6 nitrogen and oxygen atoms in total. The van der Waals surface area contributed by atoms with Crippen LogP contribution in [-0.4, -0.2) is 45.8 Å². The summed E-state index contributed by atoms with van der Waals surface area (Å²) in [5.74, 6) is 0.129. The zero-order chi connectivity index (χ0) is 26.0. The minimum atomic E-state index is -0.506. The zero-order valence-corrected chi connectivity index (χ0v) is 23.2. The molecule has 1 fully saturated rings. The van der Waals surface area contributed by atoms with Gasteiger partial charge in [-0.2, -0.15) is 0 Å². The Kier molecular flexibility index (Phi) is 10.1. The smallest absolute Gasteiger partial charge is 0.311 e. The molecule has 1 atom stereocenters. The van der Waals surface area contributed by atoms with Gasteiger partial charge in [-0.1, -0.05) is 84.6 Å². The maximum Gasteiger partial charge on any atom is 0.311 e. The summed E-state index contributed by atoms with van der Waals surface area (Å²) in [4.78, 5) is 31.8. The molecular weight excluding hydrogens is 523 g/mol. The van der Waals surface area contributed by atoms with Gasteiger partial charge in [0.2, 0.25) is 5.91 Å². The SMILES string of the molecule is CCOC(=O)Cc1csc(NC(=O)C(SC(=S)N2CCC(Cc3ccccc3)CC2)c2ccccc2)n1. The van der Waals surface area contributed by atoms with Crippen LogP contribution in [-0.2, 0) is 27.2 Å². The summed E-state index contributed by atoms with van der Waals surface area (Å²) in [5.41, 5.74) is 2.84. The second-order valence-electron chi connectivity index (χ2n) is 8.91. The van der Waals surface area contributed by atoms with Crippen molar-refractivity contribution in [1.29, 1.82) is 0 Å². The molecule has 3 aromatic rings. The minimum absolute atomic E-state index is 0.0847. The van der Waals surface area contributed by atoms with Crippen LogP contribution in [0.15, 0.2) is 66.0 Å². The Balaban J connectivity index is 1.36. The van der Waals surface area contributed by atoms with E-state index in [2.05, 4.69) is 45.5 Å². The van der Waals surface area contributed by atoms with Crippen molar-refractivity contribution in [3.63, 3.8) is 0 Å². The normalized spacial score (nSPS) is 14.7. The fourth-order valence-corrected chi connectivity index (χ4v) is 6.50. The molecule has 2 heterocycles. The van der Waals surface area contributed by atoms with E-state index in [9.17, 15) is 9.59 Å². The van der Waals surface area contributed by atoms with Crippen LogP contribution in [0.25, 0.3) is 0 Å². The summed E-state index contributed by atoms with van der Waals surface area (Å²) in [6.07, 6.45) is 3.34. The molecule has 0 aliphatic carbocycles. The van der Waals surface area contributed by atoms with Gasteiger partial charge in [-0.25, -0.2) is 4.98 Å². The van der Waals surface area contributed by atoms with Crippen molar-refractivity contribution in [2.75, 3.05) is 25.0 Å². The first-order chi connectivity index (χ1) is 18.0. The number of hydrogen-bond donors (Lipinski definition) is 1. The molecule has 2 aromatic carbocycles. The second kappa shape index (κ2) is 13.7. The van der Waals surface area contributed by atoms with Crippen LogP contribution in [0.5, 0.6) is 0 Å². The fraction of sp³-hybridized carbons (Fsp3) is 0.357. The van der Waals surface area contributed by atoms with Crippen molar-refractivity contribution in [1.82, 2.24) is 9.88 Å². The van der Waals surface area contributed by atoms with Crippen LogP contribution in [0, 0.1) is 5.92 Å². The van der Waals surface area contributed by atoms with Gasteiger partial charge < -0.3 is 15.0 Å². The molecule has 1 aliphatic heterocycles. The molecule has 4 rings (SSSR count). The number of thiocarbonyl (C=S) groups is 1. The molecule has 1 unspecified atom stereocenters. The Morgan fingerprint density at radius 3 is 2.49 bits per heavy atom. The van der Waals surface area contributed by atoms with E-state index >= 15 is 0 Å². The number of likely N-dealkylation sites (tertiary alicyclic amines) is 1. The third-order valence-electron chi connectivity index (χ3n) is 6.21. The van der Waals surface area contributed by atoms with E-state index in [1.165, 1.54) is 28.7 Å². The van der Waals surface area contributed by atoms with Crippen molar-refractivity contribution < 1.29 is 14.3 Å². The van der Waals surface area contributed by atoms with Gasteiger partial charge in [0.1, 0.15) is 9.57 Å². The summed E-state index contributed by atoms with van der Waals surface area (Å²) in [6.45, 7) is 3.89. The Morgan fingerprint density at radius 2 is 1.81 bits per heavy atom. The first-order valence-corrected chi connectivity index (χ1v) is 14.6. The van der Waals surface area contributed by atoms with Crippen molar-refractivity contribution in [3.8, 4) is 0 Å². The Labute approximate surface area is 231 Å². The van der Waals surface area contributed by atoms with Crippen molar-refractivity contribution in [2.45, 2.75) is 37.9 Å². The lowest BCUT2D eigenvalue weighted by Crippen LogP contribution is -2.37. The number of benzene rings is 2. The van der Waals surface area contributed by atoms with Crippen molar-refractivity contribution in [3.05, 3.63) is 82.9 Å². The highest BCUT2D eigenvalue weighted by atomic mass is 32.2. The number of rotatable bonds is 9. The molecule has 0 radical (unpaired) electrons. The number of nitrogens with zero attached hydrogens (tertiary/aromatic N) is 2. The Bertz CT molecular complexity index is 1180. The Hall–Kier alpha value is -2.75. The van der Waals surface area contributed by atoms with E-state index in [0.717, 1.165) is 42.2 Å². The van der Waals surface area contributed by atoms with Crippen LogP contribution in [0.2, 0.25) is 0 Å². The highest BCUT2D eigenvalue weighted by Gasteiger charge is 2.28. The first kappa shape index (κ1) is 27.3. The molecular formula is C28H31N3O3S3. The number of thioether (sulfide) groups is 1. The molecule has 1 aliphatic rings. The number of carbonyl (C=O) groups excluding carboxylic acids is 2. The second-order valence-corrected chi connectivity index (χ2v) is 11.5. The standard InChI is InChI=1S/C28H31N3O3S3/c1-2-34-24(32)18-23-19-36-27(29-23)30-26(33)25(22-11-7-4-8-12-22)37-28(35)31-15-13-21(14-16-31)17-20-9-5-3-6-10-20/h3-12,19,21,25H,2,13-18H2,1H3,(H,29,30,33). The number of ether oxygens (including phenoxy) is 1. The van der Waals surface area contributed by atoms with E-state index in [4.69, 9.17) is 17.0 Å². The summed E-state index contributed by atoms with van der Waals surface area (Å²) in [5, 5.41) is 4.64. The van der Waals surface area contributed by atoms with Crippen LogP contribution < -0.4 is 5.32 Å². The molecule has 0 saturated carbocycles. The van der Waals surface area contributed by atoms with E-state index < -0.39 is 5.25 Å². The lowest BCUT2D eigenvalue weighted by atomic mass is 9.90. The van der Waals surface area contributed by atoms with Gasteiger partial charge in [0, 0.05) is 18.5 Å². The lowest BCUT2D eigenvalue weighted by molar-refractivity contribution is -0.142. The van der Waals surface area contributed by atoms with Gasteiger partial charge in [0.25, 0.3) is 0 Å².